The highest BCUT2D eigenvalue weighted by atomic mass is 16.6. The van der Waals surface area contributed by atoms with Crippen molar-refractivity contribution in [3.05, 3.63) is 52.3 Å². The van der Waals surface area contributed by atoms with Gasteiger partial charge < -0.3 is 15.1 Å². The number of nitro groups is 1. The lowest BCUT2D eigenvalue weighted by Gasteiger charge is -2.20. The van der Waals surface area contributed by atoms with Gasteiger partial charge in [0.2, 0.25) is 0 Å². The van der Waals surface area contributed by atoms with Gasteiger partial charge in [-0.15, -0.1) is 0 Å². The van der Waals surface area contributed by atoms with Gasteiger partial charge in [-0.05, 0) is 37.5 Å². The molecule has 7 nitrogen and oxygen atoms in total. The summed E-state index contributed by atoms with van der Waals surface area (Å²) in [5.41, 5.74) is 0.319. The second-order valence-electron chi connectivity index (χ2n) is 6.30. The number of nitrogens with one attached hydrogen (secondary N) is 2. The van der Waals surface area contributed by atoms with Gasteiger partial charge >= 0.3 is 0 Å². The SMILES string of the molecule is O=C(N[C@@H]1C[C@H]2CC[C@@H]1N2)c1ccc(-c2ccccc2[N+](=O)[O-])o1. The van der Waals surface area contributed by atoms with Crippen molar-refractivity contribution < 1.29 is 14.1 Å². The molecular weight excluding hydrogens is 310 g/mol. The van der Waals surface area contributed by atoms with E-state index in [9.17, 15) is 14.9 Å². The molecule has 24 heavy (non-hydrogen) atoms. The van der Waals surface area contributed by atoms with E-state index in [1.54, 1.807) is 30.3 Å². The first-order chi connectivity index (χ1) is 11.6. The van der Waals surface area contributed by atoms with Gasteiger partial charge in [0, 0.05) is 24.2 Å². The highest BCUT2D eigenvalue weighted by Gasteiger charge is 2.40. The second kappa shape index (κ2) is 5.76. The van der Waals surface area contributed by atoms with E-state index >= 15 is 0 Å². The molecule has 1 aromatic carbocycles. The van der Waals surface area contributed by atoms with E-state index in [2.05, 4.69) is 10.6 Å². The molecule has 4 rings (SSSR count). The average Bonchev–Trinajstić information content (AvgIpc) is 3.31. The summed E-state index contributed by atoms with van der Waals surface area (Å²) in [6.07, 6.45) is 3.18. The Balaban J connectivity index is 1.53. The maximum absolute atomic E-state index is 12.4. The van der Waals surface area contributed by atoms with Crippen LogP contribution in [0.4, 0.5) is 5.69 Å². The summed E-state index contributed by atoms with van der Waals surface area (Å²) in [6, 6.07) is 10.4. The molecule has 0 saturated carbocycles. The Hall–Kier alpha value is -2.67. The standard InChI is InChI=1S/C17H17N3O4/c21-17(19-13-9-10-5-6-12(13)18-10)16-8-7-15(24-16)11-3-1-2-4-14(11)20(22)23/h1-4,7-8,10,12-13,18H,5-6,9H2,(H,19,21)/t10-,12+,13-/m1/s1. The fourth-order valence-electron chi connectivity index (χ4n) is 3.67. The molecule has 2 N–H and O–H groups in total. The third kappa shape index (κ3) is 2.56. The number of carbonyl (C=O) groups is 1. The predicted octanol–water partition coefficient (Wildman–Crippen LogP) is 2.48. The Labute approximate surface area is 138 Å². The predicted molar refractivity (Wildman–Crippen MR) is 86.6 cm³/mol. The van der Waals surface area contributed by atoms with E-state index in [0.29, 0.717) is 23.4 Å². The zero-order chi connectivity index (χ0) is 16.7. The van der Waals surface area contributed by atoms with Crippen LogP contribution in [0.3, 0.4) is 0 Å². The van der Waals surface area contributed by atoms with Gasteiger partial charge in [-0.1, -0.05) is 12.1 Å². The van der Waals surface area contributed by atoms with E-state index in [4.69, 9.17) is 4.42 Å². The highest BCUT2D eigenvalue weighted by molar-refractivity contribution is 5.92. The van der Waals surface area contributed by atoms with Gasteiger partial charge in [-0.25, -0.2) is 0 Å². The van der Waals surface area contributed by atoms with Crippen LogP contribution < -0.4 is 10.6 Å². The molecule has 0 aliphatic carbocycles. The zero-order valence-electron chi connectivity index (χ0n) is 12.9. The molecule has 2 aliphatic heterocycles. The number of hydrogen-bond donors (Lipinski definition) is 2. The van der Waals surface area contributed by atoms with Crippen LogP contribution in [-0.2, 0) is 0 Å². The first-order valence-electron chi connectivity index (χ1n) is 8.02. The number of hydrogen-bond acceptors (Lipinski definition) is 5. The summed E-state index contributed by atoms with van der Waals surface area (Å²) < 4.78 is 5.58. The third-order valence-corrected chi connectivity index (χ3v) is 4.81. The van der Waals surface area contributed by atoms with Crippen LogP contribution >= 0.6 is 0 Å². The van der Waals surface area contributed by atoms with Crippen molar-refractivity contribution in [2.45, 2.75) is 37.4 Å². The normalized spacial score (nSPS) is 24.9. The Morgan fingerprint density at radius 3 is 2.79 bits per heavy atom. The minimum atomic E-state index is -0.460. The number of carbonyl (C=O) groups excluding carboxylic acids is 1. The van der Waals surface area contributed by atoms with Crippen LogP contribution in [0, 0.1) is 10.1 Å². The number of benzene rings is 1. The molecule has 2 bridgehead atoms. The number of para-hydroxylation sites is 1. The van der Waals surface area contributed by atoms with Crippen LogP contribution in [-0.4, -0.2) is 29.0 Å². The molecule has 0 unspecified atom stereocenters. The smallest absolute Gasteiger partial charge is 0.287 e. The molecule has 3 atom stereocenters. The zero-order valence-corrected chi connectivity index (χ0v) is 12.9. The minimum absolute atomic E-state index is 0.0453. The molecule has 0 radical (unpaired) electrons. The molecular formula is C17H17N3O4. The first-order valence-corrected chi connectivity index (χ1v) is 8.02. The van der Waals surface area contributed by atoms with Crippen molar-refractivity contribution in [3.63, 3.8) is 0 Å². The van der Waals surface area contributed by atoms with E-state index in [1.807, 2.05) is 0 Å². The van der Waals surface area contributed by atoms with Crippen LogP contribution in [0.2, 0.25) is 0 Å². The summed E-state index contributed by atoms with van der Waals surface area (Å²) in [7, 11) is 0. The number of fused-ring (bicyclic) bond motifs is 2. The Morgan fingerprint density at radius 2 is 2.08 bits per heavy atom. The summed E-state index contributed by atoms with van der Waals surface area (Å²) in [5.74, 6) is 0.212. The molecule has 1 aromatic heterocycles. The molecule has 2 aromatic rings. The van der Waals surface area contributed by atoms with E-state index in [-0.39, 0.29) is 23.4 Å². The van der Waals surface area contributed by atoms with Crippen LogP contribution in [0.5, 0.6) is 0 Å². The van der Waals surface area contributed by atoms with E-state index < -0.39 is 4.92 Å². The number of rotatable bonds is 4. The quantitative estimate of drug-likeness (QED) is 0.664. The number of nitro benzene ring substituents is 1. The molecule has 3 heterocycles. The van der Waals surface area contributed by atoms with Gasteiger partial charge in [0.15, 0.2) is 5.76 Å². The number of amides is 1. The van der Waals surface area contributed by atoms with Gasteiger partial charge in [0.25, 0.3) is 11.6 Å². The third-order valence-electron chi connectivity index (χ3n) is 4.81. The van der Waals surface area contributed by atoms with Gasteiger partial charge in [-0.3, -0.25) is 14.9 Å². The van der Waals surface area contributed by atoms with Gasteiger partial charge in [0.1, 0.15) is 5.76 Å². The average molecular weight is 327 g/mol. The molecule has 2 saturated heterocycles. The second-order valence-corrected chi connectivity index (χ2v) is 6.30. The largest absolute Gasteiger partial charge is 0.451 e. The number of furan rings is 1. The lowest BCUT2D eigenvalue weighted by atomic mass is 9.95. The lowest BCUT2D eigenvalue weighted by Crippen LogP contribution is -2.42. The lowest BCUT2D eigenvalue weighted by molar-refractivity contribution is -0.384. The van der Waals surface area contributed by atoms with Crippen molar-refractivity contribution in [1.82, 2.24) is 10.6 Å². The van der Waals surface area contributed by atoms with Gasteiger partial charge in [0.05, 0.1) is 10.5 Å². The Morgan fingerprint density at radius 1 is 1.25 bits per heavy atom. The summed E-state index contributed by atoms with van der Waals surface area (Å²) in [4.78, 5) is 23.0. The number of nitrogens with zero attached hydrogens (tertiary/aromatic N) is 1. The van der Waals surface area contributed by atoms with Crippen LogP contribution in [0.25, 0.3) is 11.3 Å². The fraction of sp³-hybridized carbons (Fsp3) is 0.353. The Bertz CT molecular complexity index is 801. The summed E-state index contributed by atoms with van der Waals surface area (Å²) in [6.45, 7) is 0. The molecule has 2 fully saturated rings. The maximum Gasteiger partial charge on any atom is 0.287 e. The molecule has 7 heteroatoms. The molecule has 2 aliphatic rings. The van der Waals surface area contributed by atoms with E-state index in [0.717, 1.165) is 12.8 Å². The summed E-state index contributed by atoms with van der Waals surface area (Å²) >= 11 is 0. The topological polar surface area (TPSA) is 97.4 Å². The van der Waals surface area contributed by atoms with Crippen LogP contribution in [0.15, 0.2) is 40.8 Å². The Kier molecular flexibility index (Phi) is 3.57. The van der Waals surface area contributed by atoms with Crippen molar-refractivity contribution in [2.75, 3.05) is 0 Å². The molecule has 124 valence electrons. The maximum atomic E-state index is 12.4. The molecule has 1 amide bonds. The van der Waals surface area contributed by atoms with Crippen molar-refractivity contribution >= 4 is 11.6 Å². The van der Waals surface area contributed by atoms with Crippen molar-refractivity contribution in [3.8, 4) is 11.3 Å². The highest BCUT2D eigenvalue weighted by Crippen LogP contribution is 2.31. The van der Waals surface area contributed by atoms with Crippen molar-refractivity contribution in [1.29, 1.82) is 0 Å². The van der Waals surface area contributed by atoms with Gasteiger partial charge in [-0.2, -0.15) is 0 Å². The van der Waals surface area contributed by atoms with E-state index in [1.165, 1.54) is 12.5 Å². The fourth-order valence-corrected chi connectivity index (χ4v) is 3.67. The van der Waals surface area contributed by atoms with Crippen molar-refractivity contribution in [2.24, 2.45) is 0 Å². The monoisotopic (exact) mass is 327 g/mol. The van der Waals surface area contributed by atoms with Crippen LogP contribution in [0.1, 0.15) is 29.8 Å². The molecule has 0 spiro atoms. The summed E-state index contributed by atoms with van der Waals surface area (Å²) in [5, 5.41) is 17.6. The minimum Gasteiger partial charge on any atom is -0.451 e. The first kappa shape index (κ1) is 14.9.